The maximum atomic E-state index is 12.9. The number of carbonyl (C=O) groups excluding carboxylic acids is 1. The van der Waals surface area contributed by atoms with Crippen LogP contribution in [0.15, 0.2) is 72.9 Å². The van der Waals surface area contributed by atoms with Crippen molar-refractivity contribution < 1.29 is 22.7 Å². The lowest BCUT2D eigenvalue weighted by Gasteiger charge is -2.12. The minimum Gasteiger partial charge on any atom is -0.457 e. The minimum atomic E-state index is -4.58. The third-order valence-electron chi connectivity index (χ3n) is 4.76. The highest BCUT2D eigenvalue weighted by Gasteiger charge is 2.32. The van der Waals surface area contributed by atoms with Gasteiger partial charge < -0.3 is 26.8 Å². The highest BCUT2D eigenvalue weighted by molar-refractivity contribution is 5.92. The van der Waals surface area contributed by atoms with Crippen molar-refractivity contribution in [2.45, 2.75) is 6.18 Å². The topological polar surface area (TPSA) is 141 Å². The van der Waals surface area contributed by atoms with Crippen molar-refractivity contribution in [2.24, 2.45) is 5.73 Å². The lowest BCUT2D eigenvalue weighted by Crippen LogP contribution is -2.21. The zero-order chi connectivity index (χ0) is 25.7. The molecule has 0 fully saturated rings. The normalized spacial score (nSPS) is 11.1. The van der Waals surface area contributed by atoms with E-state index in [1.165, 1.54) is 6.07 Å². The molecular formula is C24H20F3N7O2. The highest BCUT2D eigenvalue weighted by Crippen LogP contribution is 2.32. The number of aromatic nitrogens is 3. The van der Waals surface area contributed by atoms with Crippen LogP contribution in [0.4, 0.5) is 36.3 Å². The largest absolute Gasteiger partial charge is 0.457 e. The van der Waals surface area contributed by atoms with Crippen molar-refractivity contribution in [3.63, 3.8) is 0 Å². The van der Waals surface area contributed by atoms with E-state index in [9.17, 15) is 18.0 Å². The summed E-state index contributed by atoms with van der Waals surface area (Å²) in [6, 6.07) is 17.4. The fourth-order valence-electron chi connectivity index (χ4n) is 3.17. The lowest BCUT2D eigenvalue weighted by atomic mass is 10.1. The van der Waals surface area contributed by atoms with Gasteiger partial charge in [0.2, 0.25) is 11.9 Å². The Morgan fingerprint density at radius 1 is 0.944 bits per heavy atom. The van der Waals surface area contributed by atoms with Gasteiger partial charge in [0.1, 0.15) is 23.0 Å². The Labute approximate surface area is 203 Å². The van der Waals surface area contributed by atoms with E-state index in [1.807, 2.05) is 0 Å². The monoisotopic (exact) mass is 495 g/mol. The molecule has 9 nitrogen and oxygen atoms in total. The molecule has 0 aliphatic heterocycles. The van der Waals surface area contributed by atoms with Crippen LogP contribution in [0.5, 0.6) is 11.5 Å². The molecule has 1 amide bonds. The standard InChI is InChI=1S/C24H20F3N7O2/c25-24(26,27)20-11-18(8-9-30-20)36-17-3-1-2-16(10-17)31-21-12-19(33-23(29)34-21)14-4-6-15(7-5-14)32-22(35)13-28/h1-12H,13,28H2,(H,32,35)(H3,29,31,33,34). The van der Waals surface area contributed by atoms with Crippen LogP contribution in [0.1, 0.15) is 5.69 Å². The first-order chi connectivity index (χ1) is 17.2. The highest BCUT2D eigenvalue weighted by atomic mass is 19.4. The van der Waals surface area contributed by atoms with Gasteiger partial charge in [-0.3, -0.25) is 9.78 Å². The van der Waals surface area contributed by atoms with Crippen LogP contribution in [0.3, 0.4) is 0 Å². The number of halogens is 3. The fourth-order valence-corrected chi connectivity index (χ4v) is 3.17. The number of benzene rings is 2. The number of amides is 1. The van der Waals surface area contributed by atoms with Crippen LogP contribution in [0, 0.1) is 0 Å². The molecule has 4 rings (SSSR count). The molecule has 0 bridgehead atoms. The molecule has 2 heterocycles. The van der Waals surface area contributed by atoms with Gasteiger partial charge in [-0.25, -0.2) is 4.98 Å². The molecule has 2 aromatic heterocycles. The number of nitrogens with one attached hydrogen (secondary N) is 2. The van der Waals surface area contributed by atoms with Gasteiger partial charge in [-0.15, -0.1) is 0 Å². The molecule has 6 N–H and O–H groups in total. The molecule has 0 saturated heterocycles. The molecule has 36 heavy (non-hydrogen) atoms. The van der Waals surface area contributed by atoms with Gasteiger partial charge in [-0.1, -0.05) is 18.2 Å². The summed E-state index contributed by atoms with van der Waals surface area (Å²) < 4.78 is 44.3. The van der Waals surface area contributed by atoms with Crippen LogP contribution in [-0.2, 0) is 11.0 Å². The number of carbonyl (C=O) groups is 1. The summed E-state index contributed by atoms with van der Waals surface area (Å²) in [4.78, 5) is 23.2. The fraction of sp³-hybridized carbons (Fsp3) is 0.0833. The molecule has 2 aromatic carbocycles. The van der Waals surface area contributed by atoms with E-state index in [-0.39, 0.29) is 24.1 Å². The van der Waals surface area contributed by atoms with Crippen molar-refractivity contribution in [1.82, 2.24) is 15.0 Å². The van der Waals surface area contributed by atoms with Gasteiger partial charge in [0.25, 0.3) is 0 Å². The van der Waals surface area contributed by atoms with Crippen LogP contribution < -0.4 is 26.8 Å². The molecule has 4 aromatic rings. The summed E-state index contributed by atoms with van der Waals surface area (Å²) in [6.07, 6.45) is -3.55. The second-order valence-electron chi connectivity index (χ2n) is 7.46. The SMILES string of the molecule is NCC(=O)Nc1ccc(-c2cc(Nc3cccc(Oc4ccnc(C(F)(F)F)c4)c3)nc(N)n2)cc1. The summed E-state index contributed by atoms with van der Waals surface area (Å²) >= 11 is 0. The van der Waals surface area contributed by atoms with Gasteiger partial charge in [-0.05, 0) is 30.3 Å². The van der Waals surface area contributed by atoms with Gasteiger partial charge in [0.15, 0.2) is 0 Å². The third kappa shape index (κ3) is 6.24. The van der Waals surface area contributed by atoms with E-state index in [4.69, 9.17) is 16.2 Å². The maximum Gasteiger partial charge on any atom is 0.433 e. The molecule has 0 radical (unpaired) electrons. The minimum absolute atomic E-state index is 0.00542. The Kier molecular flexibility index (Phi) is 6.97. The zero-order valence-electron chi connectivity index (χ0n) is 18.6. The van der Waals surface area contributed by atoms with E-state index in [0.29, 0.717) is 28.6 Å². The Bertz CT molecular complexity index is 1380. The first kappa shape index (κ1) is 24.4. The quantitative estimate of drug-likeness (QED) is 0.292. The number of rotatable bonds is 7. The van der Waals surface area contributed by atoms with Crippen molar-refractivity contribution in [3.05, 3.63) is 78.6 Å². The first-order valence-corrected chi connectivity index (χ1v) is 10.5. The Morgan fingerprint density at radius 2 is 1.69 bits per heavy atom. The molecule has 0 unspecified atom stereocenters. The number of nitrogen functional groups attached to an aromatic ring is 1. The van der Waals surface area contributed by atoms with Gasteiger partial charge in [0, 0.05) is 41.3 Å². The van der Waals surface area contributed by atoms with Gasteiger partial charge >= 0.3 is 6.18 Å². The van der Waals surface area contributed by atoms with Crippen LogP contribution in [0.25, 0.3) is 11.3 Å². The number of hydrogen-bond acceptors (Lipinski definition) is 8. The van der Waals surface area contributed by atoms with Crippen molar-refractivity contribution >= 4 is 29.0 Å². The van der Waals surface area contributed by atoms with Crippen molar-refractivity contribution in [1.29, 1.82) is 0 Å². The Hall–Kier alpha value is -4.71. The second kappa shape index (κ2) is 10.3. The molecular weight excluding hydrogens is 475 g/mol. The van der Waals surface area contributed by atoms with Crippen LogP contribution in [0.2, 0.25) is 0 Å². The average Bonchev–Trinajstić information content (AvgIpc) is 2.84. The number of alkyl halides is 3. The second-order valence-corrected chi connectivity index (χ2v) is 7.46. The van der Waals surface area contributed by atoms with E-state index in [2.05, 4.69) is 25.6 Å². The number of ether oxygens (including phenoxy) is 1. The molecule has 0 aliphatic rings. The maximum absolute atomic E-state index is 12.9. The molecule has 0 saturated carbocycles. The zero-order valence-corrected chi connectivity index (χ0v) is 18.6. The van der Waals surface area contributed by atoms with Crippen molar-refractivity contribution in [2.75, 3.05) is 22.9 Å². The Balaban J connectivity index is 1.51. The molecule has 12 heteroatoms. The number of anilines is 4. The third-order valence-corrected chi connectivity index (χ3v) is 4.76. The molecule has 0 spiro atoms. The number of nitrogens with two attached hydrogens (primary N) is 2. The number of nitrogens with zero attached hydrogens (tertiary/aromatic N) is 3. The summed E-state index contributed by atoms with van der Waals surface area (Å²) in [5.41, 5.74) is 12.6. The summed E-state index contributed by atoms with van der Waals surface area (Å²) in [5.74, 6) is 0.403. The van der Waals surface area contributed by atoms with E-state index >= 15 is 0 Å². The molecule has 0 aliphatic carbocycles. The molecule has 0 atom stereocenters. The lowest BCUT2D eigenvalue weighted by molar-refractivity contribution is -0.141. The number of hydrogen-bond donors (Lipinski definition) is 4. The van der Waals surface area contributed by atoms with E-state index < -0.39 is 11.9 Å². The van der Waals surface area contributed by atoms with Crippen LogP contribution in [-0.4, -0.2) is 27.4 Å². The predicted octanol–water partition coefficient (Wildman–Crippen LogP) is 4.57. The smallest absolute Gasteiger partial charge is 0.433 e. The average molecular weight is 495 g/mol. The number of pyridine rings is 1. The summed E-state index contributed by atoms with van der Waals surface area (Å²) in [7, 11) is 0. The summed E-state index contributed by atoms with van der Waals surface area (Å²) in [6.45, 7) is -0.122. The first-order valence-electron chi connectivity index (χ1n) is 10.5. The van der Waals surface area contributed by atoms with Crippen LogP contribution >= 0.6 is 0 Å². The van der Waals surface area contributed by atoms with E-state index in [1.54, 1.807) is 54.6 Å². The van der Waals surface area contributed by atoms with Gasteiger partial charge in [-0.2, -0.15) is 18.2 Å². The van der Waals surface area contributed by atoms with Crippen molar-refractivity contribution in [3.8, 4) is 22.8 Å². The predicted molar refractivity (Wildman–Crippen MR) is 129 cm³/mol. The molecule has 184 valence electrons. The van der Waals surface area contributed by atoms with Gasteiger partial charge in [0.05, 0.1) is 12.2 Å². The Morgan fingerprint density at radius 3 is 2.42 bits per heavy atom. The van der Waals surface area contributed by atoms with E-state index in [0.717, 1.165) is 17.8 Å². The summed E-state index contributed by atoms with van der Waals surface area (Å²) in [5, 5.41) is 5.74.